The highest BCUT2D eigenvalue weighted by molar-refractivity contribution is 5.59. The molecule has 1 aliphatic carbocycles. The van der Waals surface area contributed by atoms with E-state index in [2.05, 4.69) is 20.4 Å². The van der Waals surface area contributed by atoms with Crippen molar-refractivity contribution < 1.29 is 13.5 Å². The summed E-state index contributed by atoms with van der Waals surface area (Å²) in [4.78, 5) is 9.00. The molecule has 34 heavy (non-hydrogen) atoms. The van der Waals surface area contributed by atoms with E-state index in [1.807, 2.05) is 15.6 Å². The molecule has 3 atom stereocenters. The number of rotatable bonds is 5. The van der Waals surface area contributed by atoms with E-state index in [9.17, 15) is 8.78 Å². The summed E-state index contributed by atoms with van der Waals surface area (Å²) < 4.78 is 34.3. The molecule has 0 spiro atoms. The summed E-state index contributed by atoms with van der Waals surface area (Å²) in [6.45, 7) is 3.25. The largest absolute Gasteiger partial charge is 0.480 e. The first-order chi connectivity index (χ1) is 16.6. The van der Waals surface area contributed by atoms with Crippen molar-refractivity contribution >= 4 is 23.3 Å². The molecule has 3 aromatic rings. The normalized spacial score (nSPS) is 23.7. The summed E-state index contributed by atoms with van der Waals surface area (Å²) in [5.41, 5.74) is 1.61. The van der Waals surface area contributed by atoms with Gasteiger partial charge in [-0.1, -0.05) is 0 Å². The van der Waals surface area contributed by atoms with Crippen molar-refractivity contribution in [2.45, 2.75) is 31.8 Å². The molecule has 9 nitrogen and oxygen atoms in total. The Morgan fingerprint density at radius 1 is 1.03 bits per heavy atom. The Balaban J connectivity index is 1.20. The Labute approximate surface area is 195 Å². The van der Waals surface area contributed by atoms with Crippen LogP contribution in [0.1, 0.15) is 19.3 Å². The molecule has 2 aromatic heterocycles. The van der Waals surface area contributed by atoms with E-state index in [1.165, 1.54) is 6.07 Å². The van der Waals surface area contributed by atoms with Gasteiger partial charge in [-0.3, -0.25) is 0 Å². The molecule has 1 aromatic carbocycles. The molecule has 2 unspecified atom stereocenters. The number of fused-ring (bicyclic) bond motifs is 3. The third-order valence-electron chi connectivity index (χ3n) is 7.18. The third kappa shape index (κ3) is 3.68. The zero-order valence-corrected chi connectivity index (χ0v) is 18.9. The second-order valence-corrected chi connectivity index (χ2v) is 9.19. The van der Waals surface area contributed by atoms with Crippen molar-refractivity contribution in [1.82, 2.24) is 25.0 Å². The van der Waals surface area contributed by atoms with Gasteiger partial charge in [0.1, 0.15) is 0 Å². The van der Waals surface area contributed by atoms with Gasteiger partial charge in [-0.25, -0.2) is 13.5 Å². The SMILES string of the molecule is COc1cc(N2CC3CC[C@H](C2)C3Nc2nc3n(n2)CCCN3c2ccc(F)c(F)c2)cnn1. The molecule has 2 fully saturated rings. The number of hydrogen-bond donors (Lipinski definition) is 1. The van der Waals surface area contributed by atoms with Crippen LogP contribution in [0, 0.1) is 23.5 Å². The van der Waals surface area contributed by atoms with E-state index in [4.69, 9.17) is 14.8 Å². The van der Waals surface area contributed by atoms with Gasteiger partial charge in [0.15, 0.2) is 11.6 Å². The van der Waals surface area contributed by atoms with Crippen molar-refractivity contribution in [3.05, 3.63) is 42.1 Å². The maximum absolute atomic E-state index is 13.8. The highest BCUT2D eigenvalue weighted by Gasteiger charge is 2.43. The zero-order valence-electron chi connectivity index (χ0n) is 18.9. The number of ether oxygens (including phenoxy) is 1. The number of nitrogens with zero attached hydrogens (tertiary/aromatic N) is 7. The first-order valence-electron chi connectivity index (χ1n) is 11.6. The lowest BCUT2D eigenvalue weighted by Gasteiger charge is -2.39. The summed E-state index contributed by atoms with van der Waals surface area (Å²) in [5, 5.41) is 16.3. The Morgan fingerprint density at radius 3 is 2.62 bits per heavy atom. The smallest absolute Gasteiger partial charge is 0.244 e. The molecule has 1 N–H and O–H groups in total. The van der Waals surface area contributed by atoms with Crippen LogP contribution in [0.15, 0.2) is 30.5 Å². The molecule has 4 heterocycles. The molecule has 2 bridgehead atoms. The van der Waals surface area contributed by atoms with E-state index < -0.39 is 11.6 Å². The van der Waals surface area contributed by atoms with Crippen molar-refractivity contribution in [3.63, 3.8) is 0 Å². The van der Waals surface area contributed by atoms with Crippen molar-refractivity contribution in [3.8, 4) is 5.88 Å². The number of methoxy groups -OCH3 is 1. The van der Waals surface area contributed by atoms with E-state index in [1.54, 1.807) is 19.4 Å². The lowest BCUT2D eigenvalue weighted by Crippen LogP contribution is -2.48. The summed E-state index contributed by atoms with van der Waals surface area (Å²) in [5.74, 6) is 0.960. The Kier molecular flexibility index (Phi) is 5.19. The van der Waals surface area contributed by atoms with Crippen LogP contribution in [0.4, 0.5) is 32.1 Å². The molecule has 6 rings (SSSR count). The second-order valence-electron chi connectivity index (χ2n) is 9.19. The molecule has 3 aliphatic rings. The van der Waals surface area contributed by atoms with Gasteiger partial charge in [0.25, 0.3) is 0 Å². The lowest BCUT2D eigenvalue weighted by atomic mass is 9.92. The Morgan fingerprint density at radius 2 is 1.85 bits per heavy atom. The average molecular weight is 469 g/mol. The van der Waals surface area contributed by atoms with Gasteiger partial charge >= 0.3 is 0 Å². The van der Waals surface area contributed by atoms with Gasteiger partial charge in [-0.05, 0) is 43.2 Å². The zero-order chi connectivity index (χ0) is 23.2. The van der Waals surface area contributed by atoms with E-state index in [-0.39, 0.29) is 6.04 Å². The summed E-state index contributed by atoms with van der Waals surface area (Å²) in [6.07, 6.45) is 4.92. The quantitative estimate of drug-likeness (QED) is 0.611. The minimum absolute atomic E-state index is 0.286. The molecular weight excluding hydrogens is 442 g/mol. The predicted octanol–water partition coefficient (Wildman–Crippen LogP) is 3.22. The van der Waals surface area contributed by atoms with E-state index in [0.29, 0.717) is 41.8 Å². The lowest BCUT2D eigenvalue weighted by molar-refractivity contribution is 0.372. The standard InChI is InChI=1S/C23H26F2N8O/c1-34-20-10-17(11-26-29-20)31-12-14-3-4-15(13-31)21(14)27-22-28-23-32(7-2-8-33(23)30-22)16-5-6-18(24)19(25)9-16/h5-6,9-11,14-15,21H,2-4,7-8,12-13H2,1H3,(H,27,30)/t14-,15?,21?/m1/s1. The fourth-order valence-electron chi connectivity index (χ4n) is 5.55. The minimum atomic E-state index is -0.863. The molecule has 1 saturated carbocycles. The number of hydrogen-bond acceptors (Lipinski definition) is 8. The highest BCUT2D eigenvalue weighted by Crippen LogP contribution is 2.40. The maximum atomic E-state index is 13.8. The second kappa shape index (κ2) is 8.37. The van der Waals surface area contributed by atoms with Gasteiger partial charge in [-0.2, -0.15) is 10.1 Å². The van der Waals surface area contributed by atoms with Crippen LogP contribution in [0.25, 0.3) is 0 Å². The molecule has 0 radical (unpaired) electrons. The first-order valence-corrected chi connectivity index (χ1v) is 11.6. The minimum Gasteiger partial charge on any atom is -0.480 e. The predicted molar refractivity (Wildman–Crippen MR) is 122 cm³/mol. The topological polar surface area (TPSA) is 84.2 Å². The van der Waals surface area contributed by atoms with E-state index >= 15 is 0 Å². The van der Waals surface area contributed by atoms with Crippen molar-refractivity contribution in [1.29, 1.82) is 0 Å². The van der Waals surface area contributed by atoms with Gasteiger partial charge in [0.05, 0.1) is 19.0 Å². The van der Waals surface area contributed by atoms with Crippen LogP contribution in [-0.2, 0) is 6.54 Å². The van der Waals surface area contributed by atoms with Crippen LogP contribution in [0.2, 0.25) is 0 Å². The Hall–Kier alpha value is -3.50. The number of nitrogens with one attached hydrogen (secondary N) is 1. The van der Waals surface area contributed by atoms with Gasteiger partial charge < -0.3 is 19.9 Å². The molecule has 1 saturated heterocycles. The molecule has 2 aliphatic heterocycles. The van der Waals surface area contributed by atoms with Gasteiger partial charge in [0.2, 0.25) is 17.8 Å². The fourth-order valence-corrected chi connectivity index (χ4v) is 5.55. The van der Waals surface area contributed by atoms with E-state index in [0.717, 1.165) is 50.7 Å². The first kappa shape index (κ1) is 21.1. The number of anilines is 4. The fraction of sp³-hybridized carbons (Fsp3) is 0.478. The molecule has 0 amide bonds. The number of aromatic nitrogens is 5. The van der Waals surface area contributed by atoms with Crippen molar-refractivity contribution in [2.75, 3.05) is 41.9 Å². The van der Waals surface area contributed by atoms with Crippen LogP contribution in [-0.4, -0.2) is 57.7 Å². The van der Waals surface area contributed by atoms with Crippen LogP contribution < -0.4 is 19.9 Å². The number of piperidine rings is 1. The van der Waals surface area contributed by atoms with Crippen molar-refractivity contribution in [2.24, 2.45) is 11.8 Å². The molecule has 11 heteroatoms. The van der Waals surface area contributed by atoms with Crippen LogP contribution in [0.5, 0.6) is 5.88 Å². The number of aryl methyl sites for hydroxylation is 1. The maximum Gasteiger partial charge on any atom is 0.244 e. The Bertz CT molecular complexity index is 1190. The van der Waals surface area contributed by atoms with Crippen LogP contribution >= 0.6 is 0 Å². The van der Waals surface area contributed by atoms with Crippen LogP contribution in [0.3, 0.4) is 0 Å². The average Bonchev–Trinajstić information content (AvgIpc) is 3.36. The number of halogens is 2. The number of benzene rings is 1. The molecular formula is C23H26F2N8O. The highest BCUT2D eigenvalue weighted by atomic mass is 19.2. The summed E-state index contributed by atoms with van der Waals surface area (Å²) >= 11 is 0. The van der Waals surface area contributed by atoms with Gasteiger partial charge in [-0.15, -0.1) is 10.2 Å². The summed E-state index contributed by atoms with van der Waals surface area (Å²) in [6, 6.07) is 6.16. The third-order valence-corrected chi connectivity index (χ3v) is 7.18. The summed E-state index contributed by atoms with van der Waals surface area (Å²) in [7, 11) is 1.60. The van der Waals surface area contributed by atoms with Gasteiger partial charge in [0, 0.05) is 50.0 Å². The monoisotopic (exact) mass is 468 g/mol. The molecule has 178 valence electrons.